The summed E-state index contributed by atoms with van der Waals surface area (Å²) in [5.74, 6) is 0.903. The highest BCUT2D eigenvalue weighted by Crippen LogP contribution is 2.31. The number of piperazine rings is 1. The minimum absolute atomic E-state index is 0.0840. The molecule has 0 radical (unpaired) electrons. The van der Waals surface area contributed by atoms with Crippen LogP contribution in [0.3, 0.4) is 0 Å². The Hall–Kier alpha value is -2.02. The lowest BCUT2D eigenvalue weighted by Gasteiger charge is -2.43. The molecular weight excluding hydrogens is 330 g/mol. The van der Waals surface area contributed by atoms with Crippen LogP contribution in [0.25, 0.3) is 0 Å². The van der Waals surface area contributed by atoms with Gasteiger partial charge in [-0.1, -0.05) is 13.8 Å². The van der Waals surface area contributed by atoms with Crippen molar-refractivity contribution >= 4 is 11.8 Å². The summed E-state index contributed by atoms with van der Waals surface area (Å²) in [6, 6.07) is 0.0380. The van der Waals surface area contributed by atoms with Gasteiger partial charge < -0.3 is 14.7 Å². The quantitative estimate of drug-likeness (QED) is 0.808. The number of hydrogen-bond donors (Lipinski definition) is 0. The van der Waals surface area contributed by atoms with E-state index in [2.05, 4.69) is 28.7 Å². The normalized spacial score (nSPS) is 26.0. The van der Waals surface area contributed by atoms with Gasteiger partial charge in [-0.25, -0.2) is 9.97 Å². The third-order valence-electron chi connectivity index (χ3n) is 5.46. The first-order valence-electron chi connectivity index (χ1n) is 9.34. The average Bonchev–Trinajstić information content (AvgIpc) is 3.02. The van der Waals surface area contributed by atoms with Gasteiger partial charge in [-0.3, -0.25) is 9.59 Å². The summed E-state index contributed by atoms with van der Waals surface area (Å²) in [5, 5.41) is 0. The Morgan fingerprint density at radius 2 is 1.92 bits per heavy atom. The number of amides is 2. The molecule has 2 aliphatic rings. The molecule has 3 heterocycles. The number of nitrogens with zero attached hydrogens (tertiary/aromatic N) is 5. The van der Waals surface area contributed by atoms with Gasteiger partial charge in [0.2, 0.25) is 5.91 Å². The molecule has 0 saturated carbocycles. The van der Waals surface area contributed by atoms with Crippen LogP contribution in [0.2, 0.25) is 0 Å². The maximum Gasteiger partial charge on any atom is 0.257 e. The molecule has 7 nitrogen and oxygen atoms in total. The highest BCUT2D eigenvalue weighted by Gasteiger charge is 2.47. The van der Waals surface area contributed by atoms with E-state index in [1.54, 1.807) is 24.2 Å². The Labute approximate surface area is 155 Å². The Balaban J connectivity index is 1.87. The summed E-state index contributed by atoms with van der Waals surface area (Å²) in [6.45, 7) is 7.30. The van der Waals surface area contributed by atoms with Crippen LogP contribution in [-0.4, -0.2) is 81.8 Å². The molecule has 2 fully saturated rings. The molecule has 0 unspecified atom stereocenters. The molecule has 0 bridgehead atoms. The number of fused-ring (bicyclic) bond motifs is 1. The molecule has 3 rings (SSSR count). The van der Waals surface area contributed by atoms with Crippen molar-refractivity contribution in [2.24, 2.45) is 5.92 Å². The van der Waals surface area contributed by atoms with Crippen molar-refractivity contribution in [3.8, 4) is 0 Å². The van der Waals surface area contributed by atoms with E-state index < -0.39 is 6.04 Å². The van der Waals surface area contributed by atoms with Gasteiger partial charge >= 0.3 is 0 Å². The SMILES string of the molecule is Cc1ncc(C(=O)N2C[C@@H]3C[C@H](N(C)C)CN3C(=O)[C@@H]2CC(C)C)cn1. The average molecular weight is 359 g/mol. The number of aryl methyl sites for hydroxylation is 1. The van der Waals surface area contributed by atoms with Crippen molar-refractivity contribution in [1.29, 1.82) is 0 Å². The lowest BCUT2D eigenvalue weighted by Crippen LogP contribution is -2.61. The van der Waals surface area contributed by atoms with Crippen molar-refractivity contribution < 1.29 is 9.59 Å². The molecule has 1 aromatic heterocycles. The minimum Gasteiger partial charge on any atom is -0.335 e. The maximum absolute atomic E-state index is 13.2. The van der Waals surface area contributed by atoms with Crippen LogP contribution in [0.5, 0.6) is 0 Å². The summed E-state index contributed by atoms with van der Waals surface area (Å²) in [7, 11) is 4.09. The van der Waals surface area contributed by atoms with E-state index in [4.69, 9.17) is 0 Å². The third-order valence-corrected chi connectivity index (χ3v) is 5.46. The fourth-order valence-corrected chi connectivity index (χ4v) is 3.96. The molecular formula is C19H29N5O2. The molecule has 3 atom stereocenters. The lowest BCUT2D eigenvalue weighted by molar-refractivity contribution is -0.142. The van der Waals surface area contributed by atoms with Crippen LogP contribution in [0.15, 0.2) is 12.4 Å². The van der Waals surface area contributed by atoms with Crippen LogP contribution in [0, 0.1) is 12.8 Å². The second-order valence-electron chi connectivity index (χ2n) is 8.12. The van der Waals surface area contributed by atoms with Gasteiger partial charge in [0.15, 0.2) is 0 Å². The third kappa shape index (κ3) is 3.58. The first-order chi connectivity index (χ1) is 12.3. The van der Waals surface area contributed by atoms with Gasteiger partial charge in [-0.2, -0.15) is 0 Å². The van der Waals surface area contributed by atoms with E-state index in [-0.39, 0.29) is 17.9 Å². The second kappa shape index (κ2) is 7.31. The molecule has 0 spiro atoms. The lowest BCUT2D eigenvalue weighted by atomic mass is 9.96. The van der Waals surface area contributed by atoms with Gasteiger partial charge in [0, 0.05) is 31.5 Å². The fourth-order valence-electron chi connectivity index (χ4n) is 3.96. The Morgan fingerprint density at radius 1 is 1.27 bits per heavy atom. The minimum atomic E-state index is -0.402. The summed E-state index contributed by atoms with van der Waals surface area (Å²) in [5.41, 5.74) is 0.452. The molecule has 0 aromatic carbocycles. The van der Waals surface area contributed by atoms with Crippen molar-refractivity contribution in [3.05, 3.63) is 23.8 Å². The smallest absolute Gasteiger partial charge is 0.257 e. The van der Waals surface area contributed by atoms with E-state index in [1.165, 1.54) is 0 Å². The molecule has 2 aliphatic heterocycles. The molecule has 7 heteroatoms. The van der Waals surface area contributed by atoms with Crippen molar-refractivity contribution in [3.63, 3.8) is 0 Å². The number of rotatable bonds is 4. The predicted octanol–water partition coefficient (Wildman–Crippen LogP) is 1.19. The summed E-state index contributed by atoms with van der Waals surface area (Å²) in [4.78, 5) is 40.5. The summed E-state index contributed by atoms with van der Waals surface area (Å²) >= 11 is 0. The standard InChI is InChI=1S/C19H29N5O2/c1-12(2)6-17-19(26)23-10-15(22(4)5)7-16(23)11-24(17)18(25)14-8-20-13(3)21-9-14/h8-9,12,15-17H,6-7,10-11H2,1-5H3/t15-,16-,17-/m0/s1. The van der Waals surface area contributed by atoms with Crippen LogP contribution in [0.4, 0.5) is 0 Å². The van der Waals surface area contributed by atoms with E-state index >= 15 is 0 Å². The van der Waals surface area contributed by atoms with E-state index in [0.717, 1.165) is 13.0 Å². The molecule has 0 aliphatic carbocycles. The molecule has 2 saturated heterocycles. The van der Waals surface area contributed by atoms with Crippen LogP contribution >= 0.6 is 0 Å². The summed E-state index contributed by atoms with van der Waals surface area (Å²) < 4.78 is 0. The number of carbonyl (C=O) groups is 2. The topological polar surface area (TPSA) is 69.6 Å². The van der Waals surface area contributed by atoms with Crippen molar-refractivity contribution in [2.45, 2.75) is 51.7 Å². The predicted molar refractivity (Wildman–Crippen MR) is 98.6 cm³/mol. The van der Waals surface area contributed by atoms with E-state index in [0.29, 0.717) is 36.3 Å². The highest BCUT2D eigenvalue weighted by molar-refractivity contribution is 5.98. The molecule has 1 aromatic rings. The van der Waals surface area contributed by atoms with Gasteiger partial charge in [-0.05, 0) is 39.8 Å². The number of likely N-dealkylation sites (N-methyl/N-ethyl adjacent to an activating group) is 1. The maximum atomic E-state index is 13.2. The second-order valence-corrected chi connectivity index (χ2v) is 8.12. The highest BCUT2D eigenvalue weighted by atomic mass is 16.2. The van der Waals surface area contributed by atoms with E-state index in [9.17, 15) is 9.59 Å². The summed E-state index contributed by atoms with van der Waals surface area (Å²) in [6.07, 6.45) is 4.70. The van der Waals surface area contributed by atoms with Gasteiger partial charge in [0.25, 0.3) is 5.91 Å². The number of hydrogen-bond acceptors (Lipinski definition) is 5. The molecule has 142 valence electrons. The zero-order valence-electron chi connectivity index (χ0n) is 16.3. The zero-order valence-corrected chi connectivity index (χ0v) is 16.3. The van der Waals surface area contributed by atoms with E-state index in [1.807, 2.05) is 19.0 Å². The van der Waals surface area contributed by atoms with Gasteiger partial charge in [0.05, 0.1) is 11.6 Å². The zero-order chi connectivity index (χ0) is 19.0. The van der Waals surface area contributed by atoms with Gasteiger partial charge in [0.1, 0.15) is 11.9 Å². The Morgan fingerprint density at radius 3 is 2.50 bits per heavy atom. The van der Waals surface area contributed by atoms with Crippen molar-refractivity contribution in [1.82, 2.24) is 24.7 Å². The Bertz CT molecular complexity index is 673. The van der Waals surface area contributed by atoms with Crippen LogP contribution in [-0.2, 0) is 4.79 Å². The first kappa shape index (κ1) is 18.8. The van der Waals surface area contributed by atoms with Crippen LogP contribution in [0.1, 0.15) is 42.9 Å². The monoisotopic (exact) mass is 359 g/mol. The Kier molecular flexibility index (Phi) is 5.27. The van der Waals surface area contributed by atoms with Crippen molar-refractivity contribution in [2.75, 3.05) is 27.2 Å². The number of carbonyl (C=O) groups excluding carboxylic acids is 2. The largest absolute Gasteiger partial charge is 0.335 e. The molecule has 0 N–H and O–H groups in total. The molecule has 26 heavy (non-hydrogen) atoms. The first-order valence-corrected chi connectivity index (χ1v) is 9.34. The van der Waals surface area contributed by atoms with Gasteiger partial charge in [-0.15, -0.1) is 0 Å². The van der Waals surface area contributed by atoms with Crippen LogP contribution < -0.4 is 0 Å². The number of aromatic nitrogens is 2. The fraction of sp³-hybridized carbons (Fsp3) is 0.684. The molecule has 2 amide bonds.